The number of carbonyl (C=O) groups excluding carboxylic acids is 1. The SMILES string of the molecule is CCn1ccc(C(=O)N2C[C@@H](NS(C)(=O)=O)C[C@H]2c2nc(-c3ccccc3)n[nH]2)n1. The molecule has 11 heteroatoms. The largest absolute Gasteiger partial charge is 0.325 e. The van der Waals surface area contributed by atoms with E-state index in [-0.39, 0.29) is 12.5 Å². The third-order valence-corrected chi connectivity index (χ3v) is 5.74. The Morgan fingerprint density at radius 2 is 2.03 bits per heavy atom. The molecule has 10 nitrogen and oxygen atoms in total. The van der Waals surface area contributed by atoms with Crippen molar-refractivity contribution < 1.29 is 13.2 Å². The average Bonchev–Trinajstić information content (AvgIpc) is 3.46. The molecule has 1 aliphatic rings. The van der Waals surface area contributed by atoms with Crippen LogP contribution in [0.5, 0.6) is 0 Å². The second-order valence-corrected chi connectivity index (χ2v) is 9.04. The molecule has 158 valence electrons. The summed E-state index contributed by atoms with van der Waals surface area (Å²) < 4.78 is 27.8. The van der Waals surface area contributed by atoms with E-state index < -0.39 is 22.1 Å². The van der Waals surface area contributed by atoms with Crippen molar-refractivity contribution in [2.24, 2.45) is 0 Å². The van der Waals surface area contributed by atoms with E-state index in [4.69, 9.17) is 0 Å². The molecule has 0 saturated carbocycles. The van der Waals surface area contributed by atoms with Gasteiger partial charge < -0.3 is 4.90 Å². The van der Waals surface area contributed by atoms with Gasteiger partial charge in [0.15, 0.2) is 5.82 Å². The average molecular weight is 430 g/mol. The monoisotopic (exact) mass is 429 g/mol. The van der Waals surface area contributed by atoms with Crippen LogP contribution in [0.4, 0.5) is 0 Å². The second kappa shape index (κ2) is 8.00. The van der Waals surface area contributed by atoms with Gasteiger partial charge in [-0.1, -0.05) is 30.3 Å². The number of likely N-dealkylation sites (tertiary alicyclic amines) is 1. The summed E-state index contributed by atoms with van der Waals surface area (Å²) in [5, 5.41) is 11.5. The molecule has 1 aromatic carbocycles. The lowest BCUT2D eigenvalue weighted by atomic mass is 10.1. The van der Waals surface area contributed by atoms with Gasteiger partial charge in [-0.25, -0.2) is 18.1 Å². The van der Waals surface area contributed by atoms with Gasteiger partial charge in [0.1, 0.15) is 11.5 Å². The van der Waals surface area contributed by atoms with E-state index in [2.05, 4.69) is 25.0 Å². The first-order chi connectivity index (χ1) is 14.3. The number of benzene rings is 1. The van der Waals surface area contributed by atoms with Crippen LogP contribution in [0, 0.1) is 0 Å². The Balaban J connectivity index is 1.64. The molecule has 3 heterocycles. The van der Waals surface area contributed by atoms with Crippen molar-refractivity contribution in [1.82, 2.24) is 34.6 Å². The molecule has 2 atom stereocenters. The fourth-order valence-electron chi connectivity index (χ4n) is 3.65. The molecule has 2 aromatic heterocycles. The number of H-pyrrole nitrogens is 1. The van der Waals surface area contributed by atoms with Gasteiger partial charge >= 0.3 is 0 Å². The summed E-state index contributed by atoms with van der Waals surface area (Å²) in [6.45, 7) is 2.81. The molecule has 0 unspecified atom stereocenters. The number of nitrogens with zero attached hydrogens (tertiary/aromatic N) is 5. The molecule has 1 fully saturated rings. The van der Waals surface area contributed by atoms with Crippen LogP contribution < -0.4 is 4.72 Å². The summed E-state index contributed by atoms with van der Waals surface area (Å²) in [6.07, 6.45) is 3.24. The van der Waals surface area contributed by atoms with Crippen LogP contribution in [0.25, 0.3) is 11.4 Å². The summed E-state index contributed by atoms with van der Waals surface area (Å²) in [4.78, 5) is 19.3. The number of aryl methyl sites for hydroxylation is 1. The Morgan fingerprint density at radius 3 is 2.70 bits per heavy atom. The van der Waals surface area contributed by atoms with Gasteiger partial charge in [0.05, 0.1) is 12.3 Å². The Bertz CT molecular complexity index is 1140. The van der Waals surface area contributed by atoms with Crippen molar-refractivity contribution in [2.45, 2.75) is 32.0 Å². The third-order valence-electron chi connectivity index (χ3n) is 4.98. The maximum absolute atomic E-state index is 13.2. The minimum Gasteiger partial charge on any atom is -0.325 e. The molecule has 0 radical (unpaired) electrons. The smallest absolute Gasteiger partial charge is 0.275 e. The van der Waals surface area contributed by atoms with E-state index in [0.29, 0.717) is 30.3 Å². The quantitative estimate of drug-likeness (QED) is 0.606. The Hall–Kier alpha value is -3.05. The van der Waals surface area contributed by atoms with Crippen LogP contribution in [0.15, 0.2) is 42.6 Å². The molecular weight excluding hydrogens is 406 g/mol. The number of sulfonamides is 1. The van der Waals surface area contributed by atoms with Crippen molar-refractivity contribution in [1.29, 1.82) is 0 Å². The molecule has 30 heavy (non-hydrogen) atoms. The van der Waals surface area contributed by atoms with E-state index in [9.17, 15) is 13.2 Å². The zero-order valence-electron chi connectivity index (χ0n) is 16.7. The van der Waals surface area contributed by atoms with Crippen LogP contribution >= 0.6 is 0 Å². The van der Waals surface area contributed by atoms with Gasteiger partial charge in [-0.2, -0.15) is 10.2 Å². The Kier molecular flexibility index (Phi) is 5.39. The van der Waals surface area contributed by atoms with E-state index in [0.717, 1.165) is 11.8 Å². The number of hydrogen-bond acceptors (Lipinski definition) is 6. The molecule has 3 aromatic rings. The first kappa shape index (κ1) is 20.2. The lowest BCUT2D eigenvalue weighted by Crippen LogP contribution is -2.38. The molecule has 0 spiro atoms. The van der Waals surface area contributed by atoms with Gasteiger partial charge in [0.2, 0.25) is 10.0 Å². The molecule has 0 bridgehead atoms. The normalized spacial score (nSPS) is 19.3. The maximum atomic E-state index is 13.2. The predicted octanol–water partition coefficient (Wildman–Crippen LogP) is 1.19. The maximum Gasteiger partial charge on any atom is 0.275 e. The molecule has 2 N–H and O–H groups in total. The number of aromatic amines is 1. The summed E-state index contributed by atoms with van der Waals surface area (Å²) in [5.41, 5.74) is 1.16. The summed E-state index contributed by atoms with van der Waals surface area (Å²) >= 11 is 0. The van der Waals surface area contributed by atoms with Gasteiger partial charge in [-0.3, -0.25) is 14.6 Å². The molecule has 1 amide bonds. The number of carbonyl (C=O) groups is 1. The molecule has 1 aliphatic heterocycles. The highest BCUT2D eigenvalue weighted by Crippen LogP contribution is 2.32. The van der Waals surface area contributed by atoms with E-state index in [1.807, 2.05) is 37.3 Å². The Labute approximate surface area is 174 Å². The third kappa shape index (κ3) is 4.26. The number of nitrogens with one attached hydrogen (secondary N) is 2. The summed E-state index contributed by atoms with van der Waals surface area (Å²) in [5.74, 6) is 0.755. The van der Waals surface area contributed by atoms with Crippen LogP contribution in [0.2, 0.25) is 0 Å². The van der Waals surface area contributed by atoms with Gasteiger partial charge in [-0.05, 0) is 19.4 Å². The standard InChI is InChI=1S/C19H23N7O3S/c1-3-25-10-9-15(23-25)19(27)26-12-14(24-30(2,28)29)11-16(26)18-20-17(21-22-18)13-7-5-4-6-8-13/h4-10,14,16,24H,3,11-12H2,1-2H3,(H,20,21,22)/t14-,16-/m0/s1. The van der Waals surface area contributed by atoms with E-state index >= 15 is 0 Å². The van der Waals surface area contributed by atoms with Crippen molar-refractivity contribution in [2.75, 3.05) is 12.8 Å². The lowest BCUT2D eigenvalue weighted by Gasteiger charge is -2.21. The highest BCUT2D eigenvalue weighted by molar-refractivity contribution is 7.88. The minimum atomic E-state index is -3.42. The second-order valence-electron chi connectivity index (χ2n) is 7.26. The Morgan fingerprint density at radius 1 is 1.27 bits per heavy atom. The summed E-state index contributed by atoms with van der Waals surface area (Å²) in [7, 11) is -3.42. The van der Waals surface area contributed by atoms with Crippen LogP contribution in [-0.2, 0) is 16.6 Å². The van der Waals surface area contributed by atoms with Crippen LogP contribution in [0.1, 0.15) is 35.7 Å². The van der Waals surface area contributed by atoms with Gasteiger partial charge in [0, 0.05) is 30.9 Å². The first-order valence-corrected chi connectivity index (χ1v) is 11.5. The zero-order valence-corrected chi connectivity index (χ0v) is 17.5. The van der Waals surface area contributed by atoms with Crippen molar-refractivity contribution in [3.8, 4) is 11.4 Å². The number of hydrogen-bond donors (Lipinski definition) is 2. The highest BCUT2D eigenvalue weighted by atomic mass is 32.2. The number of aromatic nitrogens is 5. The molecular formula is C19H23N7O3S. The molecule has 0 aliphatic carbocycles. The fourth-order valence-corrected chi connectivity index (χ4v) is 4.42. The minimum absolute atomic E-state index is 0.219. The predicted molar refractivity (Wildman–Crippen MR) is 110 cm³/mol. The molecule has 1 saturated heterocycles. The van der Waals surface area contributed by atoms with Crippen molar-refractivity contribution in [3.05, 3.63) is 54.1 Å². The van der Waals surface area contributed by atoms with Crippen LogP contribution in [-0.4, -0.2) is 63.0 Å². The van der Waals surface area contributed by atoms with E-state index in [1.165, 1.54) is 0 Å². The lowest BCUT2D eigenvalue weighted by molar-refractivity contribution is 0.0721. The highest BCUT2D eigenvalue weighted by Gasteiger charge is 2.40. The van der Waals surface area contributed by atoms with E-state index in [1.54, 1.807) is 21.8 Å². The first-order valence-electron chi connectivity index (χ1n) is 9.63. The van der Waals surface area contributed by atoms with Gasteiger partial charge in [0.25, 0.3) is 5.91 Å². The van der Waals surface area contributed by atoms with Crippen molar-refractivity contribution in [3.63, 3.8) is 0 Å². The van der Waals surface area contributed by atoms with Crippen molar-refractivity contribution >= 4 is 15.9 Å². The number of rotatable bonds is 6. The zero-order chi connectivity index (χ0) is 21.3. The molecule has 4 rings (SSSR count). The van der Waals surface area contributed by atoms with Gasteiger partial charge in [-0.15, -0.1) is 0 Å². The summed E-state index contributed by atoms with van der Waals surface area (Å²) in [6, 6.07) is 10.3. The van der Waals surface area contributed by atoms with Crippen LogP contribution in [0.3, 0.4) is 0 Å². The fraction of sp³-hybridized carbons (Fsp3) is 0.368. The number of amides is 1. The topological polar surface area (TPSA) is 126 Å².